The highest BCUT2D eigenvalue weighted by atomic mass is 19.1. The van der Waals surface area contributed by atoms with E-state index in [1.54, 1.807) is 29.8 Å². The number of anilines is 1. The third kappa shape index (κ3) is 5.07. The summed E-state index contributed by atoms with van der Waals surface area (Å²) in [6.45, 7) is 5.49. The topological polar surface area (TPSA) is 115 Å². The van der Waals surface area contributed by atoms with Gasteiger partial charge in [-0.3, -0.25) is 9.36 Å². The summed E-state index contributed by atoms with van der Waals surface area (Å²) < 4.78 is 26.5. The summed E-state index contributed by atoms with van der Waals surface area (Å²) in [5.74, 6) is -0.828. The SMILES string of the molecule is CCCCOCCCn1c(=O)[nH]c2cc(-c3cc(C(=O)Nc4ccon4)cc(F)c3C)cnc21. The number of hydrogen-bond acceptors (Lipinski definition) is 6. The molecule has 0 atom stereocenters. The first kappa shape index (κ1) is 23.4. The van der Waals surface area contributed by atoms with Crippen molar-refractivity contribution in [3.8, 4) is 11.1 Å². The fourth-order valence-electron chi connectivity index (χ4n) is 3.65. The second-order valence-corrected chi connectivity index (χ2v) is 7.97. The van der Waals surface area contributed by atoms with Gasteiger partial charge in [-0.15, -0.1) is 0 Å². The number of rotatable bonds is 10. The number of imidazole rings is 1. The van der Waals surface area contributed by atoms with Gasteiger partial charge in [-0.25, -0.2) is 14.2 Å². The number of fused-ring (bicyclic) bond motifs is 1. The summed E-state index contributed by atoms with van der Waals surface area (Å²) in [5.41, 5.74) is 2.35. The number of benzene rings is 1. The van der Waals surface area contributed by atoms with Gasteiger partial charge in [0.15, 0.2) is 11.5 Å². The van der Waals surface area contributed by atoms with Crippen LogP contribution in [0.5, 0.6) is 0 Å². The lowest BCUT2D eigenvalue weighted by atomic mass is 9.98. The molecule has 34 heavy (non-hydrogen) atoms. The van der Waals surface area contributed by atoms with Gasteiger partial charge < -0.3 is 19.6 Å². The first-order valence-electron chi connectivity index (χ1n) is 11.2. The number of H-pyrrole nitrogens is 1. The number of unbranched alkanes of at least 4 members (excludes halogenated alkanes) is 1. The van der Waals surface area contributed by atoms with Gasteiger partial charge in [0, 0.05) is 43.1 Å². The summed E-state index contributed by atoms with van der Waals surface area (Å²) >= 11 is 0. The van der Waals surface area contributed by atoms with Crippen LogP contribution >= 0.6 is 0 Å². The van der Waals surface area contributed by atoms with Crippen LogP contribution in [0.4, 0.5) is 10.2 Å². The Kier molecular flexibility index (Phi) is 7.17. The fourth-order valence-corrected chi connectivity index (χ4v) is 3.65. The molecule has 0 bridgehead atoms. The third-order valence-corrected chi connectivity index (χ3v) is 5.52. The van der Waals surface area contributed by atoms with E-state index >= 15 is 0 Å². The standard InChI is InChI=1S/C24H26FN5O4/c1-3-4-8-33-9-5-7-30-22-20(27-24(30)32)13-17(14-26-22)18-11-16(12-19(25)15(18)2)23(31)28-21-6-10-34-29-21/h6,10-14H,3-5,7-9H2,1-2H3,(H,27,32)(H,28,29,31). The van der Waals surface area contributed by atoms with Crippen molar-refractivity contribution in [2.45, 2.75) is 39.7 Å². The first-order chi connectivity index (χ1) is 16.5. The highest BCUT2D eigenvalue weighted by Gasteiger charge is 2.17. The molecule has 0 aliphatic rings. The molecule has 4 rings (SSSR count). The molecule has 0 radical (unpaired) electrons. The average Bonchev–Trinajstić information content (AvgIpc) is 3.44. The maximum Gasteiger partial charge on any atom is 0.327 e. The van der Waals surface area contributed by atoms with Gasteiger partial charge in [0.05, 0.1) is 5.52 Å². The van der Waals surface area contributed by atoms with Gasteiger partial charge in [-0.05, 0) is 49.1 Å². The molecule has 4 aromatic rings. The van der Waals surface area contributed by atoms with E-state index in [0.29, 0.717) is 54.0 Å². The maximum absolute atomic E-state index is 14.7. The quantitative estimate of drug-likeness (QED) is 0.336. The molecule has 1 amide bonds. The van der Waals surface area contributed by atoms with E-state index in [-0.39, 0.29) is 17.1 Å². The number of hydrogen-bond donors (Lipinski definition) is 2. The maximum atomic E-state index is 14.7. The first-order valence-corrected chi connectivity index (χ1v) is 11.2. The van der Waals surface area contributed by atoms with E-state index in [9.17, 15) is 14.0 Å². The molecule has 0 saturated heterocycles. The number of carbonyl (C=O) groups excluding carboxylic acids is 1. The van der Waals surface area contributed by atoms with E-state index in [0.717, 1.165) is 12.8 Å². The summed E-state index contributed by atoms with van der Waals surface area (Å²) in [6, 6.07) is 5.97. The molecule has 2 N–H and O–H groups in total. The molecule has 3 aromatic heterocycles. The second-order valence-electron chi connectivity index (χ2n) is 7.97. The Balaban J connectivity index is 1.58. The van der Waals surface area contributed by atoms with E-state index in [2.05, 4.69) is 27.4 Å². The minimum absolute atomic E-state index is 0.121. The molecule has 1 aromatic carbocycles. The van der Waals surface area contributed by atoms with Gasteiger partial charge in [-0.2, -0.15) is 0 Å². The van der Waals surface area contributed by atoms with Crippen molar-refractivity contribution in [3.05, 3.63) is 64.2 Å². The molecule has 9 nitrogen and oxygen atoms in total. The zero-order valence-corrected chi connectivity index (χ0v) is 19.1. The number of halogens is 1. The van der Waals surface area contributed by atoms with Crippen LogP contribution in [0.3, 0.4) is 0 Å². The summed E-state index contributed by atoms with van der Waals surface area (Å²) in [5, 5.41) is 6.18. The van der Waals surface area contributed by atoms with E-state index < -0.39 is 11.7 Å². The lowest BCUT2D eigenvalue weighted by molar-refractivity contribution is 0.102. The van der Waals surface area contributed by atoms with Crippen LogP contribution < -0.4 is 11.0 Å². The Morgan fingerprint density at radius 2 is 2.09 bits per heavy atom. The van der Waals surface area contributed by atoms with Gasteiger partial charge in [0.25, 0.3) is 5.91 Å². The number of aromatic amines is 1. The molecule has 0 aliphatic heterocycles. The molecular weight excluding hydrogens is 441 g/mol. The fraction of sp³-hybridized carbons (Fsp3) is 0.333. The number of ether oxygens (including phenoxy) is 1. The van der Waals surface area contributed by atoms with Crippen molar-refractivity contribution < 1.29 is 18.4 Å². The summed E-state index contributed by atoms with van der Waals surface area (Å²) in [6.07, 6.45) is 5.68. The lowest BCUT2D eigenvalue weighted by Gasteiger charge is -2.11. The van der Waals surface area contributed by atoms with Crippen molar-refractivity contribution >= 4 is 22.9 Å². The van der Waals surface area contributed by atoms with Gasteiger partial charge in [0.1, 0.15) is 12.1 Å². The Morgan fingerprint density at radius 1 is 1.26 bits per heavy atom. The monoisotopic (exact) mass is 467 g/mol. The molecule has 0 fully saturated rings. The third-order valence-electron chi connectivity index (χ3n) is 5.52. The molecule has 10 heteroatoms. The predicted octanol–water partition coefficient (Wildman–Crippen LogP) is 4.29. The number of aryl methyl sites for hydroxylation is 1. The molecule has 3 heterocycles. The number of pyridine rings is 1. The zero-order valence-electron chi connectivity index (χ0n) is 19.1. The predicted molar refractivity (Wildman–Crippen MR) is 125 cm³/mol. The normalized spacial score (nSPS) is 11.3. The molecular formula is C24H26FN5O4. The molecule has 0 spiro atoms. The smallest absolute Gasteiger partial charge is 0.327 e. The average molecular weight is 468 g/mol. The lowest BCUT2D eigenvalue weighted by Crippen LogP contribution is -2.18. The minimum Gasteiger partial charge on any atom is -0.381 e. The van der Waals surface area contributed by atoms with Crippen LogP contribution in [-0.4, -0.2) is 38.8 Å². The van der Waals surface area contributed by atoms with Crippen LogP contribution in [0.1, 0.15) is 42.1 Å². The summed E-state index contributed by atoms with van der Waals surface area (Å²) in [4.78, 5) is 32.3. The molecule has 0 unspecified atom stereocenters. The van der Waals surface area contributed by atoms with Crippen LogP contribution in [0.25, 0.3) is 22.3 Å². The van der Waals surface area contributed by atoms with Crippen LogP contribution in [0.15, 0.2) is 46.0 Å². The Bertz CT molecular complexity index is 1340. The highest BCUT2D eigenvalue weighted by Crippen LogP contribution is 2.28. The van der Waals surface area contributed by atoms with Crippen molar-refractivity contribution in [2.75, 3.05) is 18.5 Å². The highest BCUT2D eigenvalue weighted by molar-refractivity contribution is 6.04. The molecule has 178 valence electrons. The largest absolute Gasteiger partial charge is 0.381 e. The molecule has 0 saturated carbocycles. The number of aromatic nitrogens is 4. The van der Waals surface area contributed by atoms with Crippen molar-refractivity contribution in [1.29, 1.82) is 0 Å². The number of nitrogens with one attached hydrogen (secondary N) is 2. The van der Waals surface area contributed by atoms with Crippen LogP contribution in [0, 0.1) is 12.7 Å². The van der Waals surface area contributed by atoms with Crippen molar-refractivity contribution in [1.82, 2.24) is 19.7 Å². The van der Waals surface area contributed by atoms with Gasteiger partial charge in [-0.1, -0.05) is 18.5 Å². The second kappa shape index (κ2) is 10.4. The van der Waals surface area contributed by atoms with Crippen molar-refractivity contribution in [3.63, 3.8) is 0 Å². The van der Waals surface area contributed by atoms with E-state index in [4.69, 9.17) is 9.26 Å². The Labute approximate surface area is 194 Å². The number of nitrogens with zero attached hydrogens (tertiary/aromatic N) is 3. The molecule has 0 aliphatic carbocycles. The summed E-state index contributed by atoms with van der Waals surface area (Å²) in [7, 11) is 0. The Hall–Kier alpha value is -3.79. The van der Waals surface area contributed by atoms with E-state index in [1.807, 2.05) is 0 Å². The number of carbonyl (C=O) groups is 1. The minimum atomic E-state index is -0.531. The van der Waals surface area contributed by atoms with Crippen molar-refractivity contribution in [2.24, 2.45) is 0 Å². The Morgan fingerprint density at radius 3 is 2.85 bits per heavy atom. The number of amides is 1. The zero-order chi connectivity index (χ0) is 24.1. The van der Waals surface area contributed by atoms with Crippen LogP contribution in [0.2, 0.25) is 0 Å². The van der Waals surface area contributed by atoms with Gasteiger partial charge >= 0.3 is 5.69 Å². The van der Waals surface area contributed by atoms with E-state index in [1.165, 1.54) is 18.4 Å². The van der Waals surface area contributed by atoms with Gasteiger partial charge in [0.2, 0.25) is 0 Å². The van der Waals surface area contributed by atoms with Crippen LogP contribution in [-0.2, 0) is 11.3 Å².